The summed E-state index contributed by atoms with van der Waals surface area (Å²) in [4.78, 5) is 11.5. The van der Waals surface area contributed by atoms with Gasteiger partial charge in [0.05, 0.1) is 0 Å². The van der Waals surface area contributed by atoms with Crippen molar-refractivity contribution in [1.29, 1.82) is 0 Å². The molecule has 0 aliphatic rings. The average molecular weight is 266 g/mol. The zero-order chi connectivity index (χ0) is 14.9. The Kier molecular flexibility index (Phi) is 7.84. The fraction of sp³-hybridized carbons (Fsp3) is 0.533. The van der Waals surface area contributed by atoms with Gasteiger partial charge < -0.3 is 15.4 Å². The zero-order valence-electron chi connectivity index (χ0n) is 12.6. The molecular formula is C15H26N2O2. The number of amides is 1. The molecule has 0 fully saturated rings. The number of carbonyl (C=O) groups excluding carboxylic acids is 1. The molecule has 1 atom stereocenters. The molecule has 0 unspecified atom stereocenters. The normalized spacial score (nSPS) is 13.7. The summed E-state index contributed by atoms with van der Waals surface area (Å²) < 4.78 is 5.17. The van der Waals surface area contributed by atoms with E-state index >= 15 is 0 Å². The average Bonchev–Trinajstić information content (AvgIpc) is 2.27. The van der Waals surface area contributed by atoms with Crippen molar-refractivity contribution in [1.82, 2.24) is 10.6 Å². The number of alkyl carbamates (subject to hydrolysis) is 1. The summed E-state index contributed by atoms with van der Waals surface area (Å²) in [5, 5.41) is 5.83. The molecule has 19 heavy (non-hydrogen) atoms. The van der Waals surface area contributed by atoms with E-state index in [9.17, 15) is 4.79 Å². The van der Waals surface area contributed by atoms with Crippen molar-refractivity contribution in [3.05, 3.63) is 36.5 Å². The van der Waals surface area contributed by atoms with Crippen LogP contribution in [0.25, 0.3) is 0 Å². The van der Waals surface area contributed by atoms with E-state index in [1.54, 1.807) is 0 Å². The Labute approximate surface area is 116 Å². The zero-order valence-corrected chi connectivity index (χ0v) is 12.6. The number of hydrogen-bond acceptors (Lipinski definition) is 3. The molecule has 0 heterocycles. The molecule has 2 N–H and O–H groups in total. The van der Waals surface area contributed by atoms with Crippen LogP contribution in [0.5, 0.6) is 0 Å². The molecule has 4 heteroatoms. The fourth-order valence-electron chi connectivity index (χ4n) is 1.32. The van der Waals surface area contributed by atoms with Crippen LogP contribution in [0.3, 0.4) is 0 Å². The first-order valence-electron chi connectivity index (χ1n) is 6.42. The van der Waals surface area contributed by atoms with E-state index in [1.807, 2.05) is 59.0 Å². The minimum Gasteiger partial charge on any atom is -0.444 e. The maximum Gasteiger partial charge on any atom is 0.407 e. The van der Waals surface area contributed by atoms with Gasteiger partial charge in [0.15, 0.2) is 0 Å². The highest BCUT2D eigenvalue weighted by molar-refractivity contribution is 5.67. The van der Waals surface area contributed by atoms with Crippen LogP contribution >= 0.6 is 0 Å². The van der Waals surface area contributed by atoms with E-state index in [4.69, 9.17) is 4.74 Å². The smallest absolute Gasteiger partial charge is 0.407 e. The molecule has 0 aliphatic heterocycles. The van der Waals surface area contributed by atoms with Gasteiger partial charge in [-0.15, -0.1) is 0 Å². The van der Waals surface area contributed by atoms with Crippen molar-refractivity contribution in [2.24, 2.45) is 0 Å². The molecule has 0 aliphatic carbocycles. The van der Waals surface area contributed by atoms with E-state index in [2.05, 4.69) is 17.2 Å². The number of hydrogen-bond donors (Lipinski definition) is 2. The lowest BCUT2D eigenvalue weighted by atomic mass is 10.1. The molecule has 0 spiro atoms. The first kappa shape index (κ1) is 17.4. The highest BCUT2D eigenvalue weighted by atomic mass is 16.6. The number of allylic oxidation sites excluding steroid dienone is 3. The minimum atomic E-state index is -0.484. The molecule has 1 amide bonds. The van der Waals surface area contributed by atoms with Crippen molar-refractivity contribution >= 4 is 6.09 Å². The fourth-order valence-corrected chi connectivity index (χ4v) is 1.32. The highest BCUT2D eigenvalue weighted by Crippen LogP contribution is 2.07. The van der Waals surface area contributed by atoms with E-state index in [0.29, 0.717) is 6.54 Å². The van der Waals surface area contributed by atoms with Crippen LogP contribution in [0, 0.1) is 0 Å². The van der Waals surface area contributed by atoms with Gasteiger partial charge in [0.1, 0.15) is 5.60 Å². The molecular weight excluding hydrogens is 240 g/mol. The lowest BCUT2D eigenvalue weighted by Crippen LogP contribution is -2.42. The second kappa shape index (κ2) is 8.53. The molecule has 0 saturated carbocycles. The third kappa shape index (κ3) is 9.08. The van der Waals surface area contributed by atoms with Gasteiger partial charge in [-0.1, -0.05) is 30.9 Å². The molecule has 0 aromatic rings. The van der Waals surface area contributed by atoms with Crippen LogP contribution in [0.1, 0.15) is 27.7 Å². The standard InChI is InChI=1S/C15H26N2O2/c1-7-8-9-10-12(2)13(16-6)11-17-14(18)19-15(3,4)5/h7-10,13,16H,2,11H2,1,3-6H3,(H,17,18)/b8-7-,10-9-/t13-/m1/s1. The number of nitrogens with one attached hydrogen (secondary N) is 2. The SMILES string of the molecule is C=C(/C=C\C=C/C)[C@@H](CNC(=O)OC(C)(C)C)NC. The summed E-state index contributed by atoms with van der Waals surface area (Å²) in [6, 6.07) is -0.0194. The van der Waals surface area contributed by atoms with E-state index in [-0.39, 0.29) is 6.04 Å². The Bertz CT molecular complexity index is 352. The van der Waals surface area contributed by atoms with Crippen LogP contribution in [0.15, 0.2) is 36.5 Å². The Balaban J connectivity index is 4.27. The predicted molar refractivity (Wildman–Crippen MR) is 80.2 cm³/mol. The Morgan fingerprint density at radius 3 is 2.47 bits per heavy atom. The highest BCUT2D eigenvalue weighted by Gasteiger charge is 2.17. The van der Waals surface area contributed by atoms with Crippen molar-refractivity contribution in [3.63, 3.8) is 0 Å². The lowest BCUT2D eigenvalue weighted by molar-refractivity contribution is 0.0525. The molecule has 0 aromatic carbocycles. The van der Waals surface area contributed by atoms with Gasteiger partial charge in [0.25, 0.3) is 0 Å². The predicted octanol–water partition coefficient (Wildman–Crippen LogP) is 2.79. The first-order valence-corrected chi connectivity index (χ1v) is 6.42. The molecule has 108 valence electrons. The van der Waals surface area contributed by atoms with Gasteiger partial charge >= 0.3 is 6.09 Å². The van der Waals surface area contributed by atoms with Crippen molar-refractivity contribution in [3.8, 4) is 0 Å². The first-order chi connectivity index (χ1) is 8.80. The van der Waals surface area contributed by atoms with Crippen LogP contribution in [-0.2, 0) is 4.74 Å². The van der Waals surface area contributed by atoms with E-state index in [0.717, 1.165) is 5.57 Å². The maximum atomic E-state index is 11.5. The Morgan fingerprint density at radius 2 is 2.00 bits per heavy atom. The number of carbonyl (C=O) groups is 1. The van der Waals surface area contributed by atoms with Crippen LogP contribution < -0.4 is 10.6 Å². The lowest BCUT2D eigenvalue weighted by Gasteiger charge is -2.22. The van der Waals surface area contributed by atoms with Gasteiger partial charge in [0.2, 0.25) is 0 Å². The van der Waals surface area contributed by atoms with Gasteiger partial charge in [-0.2, -0.15) is 0 Å². The molecule has 0 aromatic heterocycles. The Morgan fingerprint density at radius 1 is 1.37 bits per heavy atom. The summed E-state index contributed by atoms with van der Waals surface area (Å²) in [6.07, 6.45) is 7.28. The summed E-state index contributed by atoms with van der Waals surface area (Å²) in [5.74, 6) is 0. The number of ether oxygens (including phenoxy) is 1. The largest absolute Gasteiger partial charge is 0.444 e. The van der Waals surface area contributed by atoms with Gasteiger partial charge in [-0.25, -0.2) is 4.79 Å². The van der Waals surface area contributed by atoms with Gasteiger partial charge in [-0.3, -0.25) is 0 Å². The monoisotopic (exact) mass is 266 g/mol. The number of likely N-dealkylation sites (N-methyl/N-ethyl adjacent to an activating group) is 1. The molecule has 0 radical (unpaired) electrons. The maximum absolute atomic E-state index is 11.5. The van der Waals surface area contributed by atoms with E-state index in [1.165, 1.54) is 0 Å². The third-order valence-electron chi connectivity index (χ3n) is 2.26. The summed E-state index contributed by atoms with van der Waals surface area (Å²) >= 11 is 0. The second-order valence-electron chi connectivity index (χ2n) is 5.18. The second-order valence-corrected chi connectivity index (χ2v) is 5.18. The summed E-state index contributed by atoms with van der Waals surface area (Å²) in [5.41, 5.74) is 0.416. The van der Waals surface area contributed by atoms with Crippen LogP contribution in [0.4, 0.5) is 4.79 Å². The van der Waals surface area contributed by atoms with Crippen LogP contribution in [0.2, 0.25) is 0 Å². The van der Waals surface area contributed by atoms with Crippen molar-refractivity contribution in [2.75, 3.05) is 13.6 Å². The molecule has 0 saturated heterocycles. The molecule has 4 nitrogen and oxygen atoms in total. The minimum absolute atomic E-state index is 0.0194. The topological polar surface area (TPSA) is 50.4 Å². The quantitative estimate of drug-likeness (QED) is 0.727. The van der Waals surface area contributed by atoms with Crippen molar-refractivity contribution in [2.45, 2.75) is 39.3 Å². The summed E-state index contributed by atoms with van der Waals surface area (Å²) in [6.45, 7) is 11.9. The van der Waals surface area contributed by atoms with E-state index < -0.39 is 11.7 Å². The summed E-state index contributed by atoms with van der Waals surface area (Å²) in [7, 11) is 1.83. The number of rotatable bonds is 6. The third-order valence-corrected chi connectivity index (χ3v) is 2.26. The molecule has 0 bridgehead atoms. The van der Waals surface area contributed by atoms with Gasteiger partial charge in [0, 0.05) is 12.6 Å². The van der Waals surface area contributed by atoms with Gasteiger partial charge in [-0.05, 0) is 40.3 Å². The van der Waals surface area contributed by atoms with Crippen LogP contribution in [-0.4, -0.2) is 31.3 Å². The molecule has 0 rings (SSSR count). The van der Waals surface area contributed by atoms with Crippen molar-refractivity contribution < 1.29 is 9.53 Å². The Hall–Kier alpha value is -1.55.